The topological polar surface area (TPSA) is 25.0 Å². The van der Waals surface area contributed by atoms with Crippen molar-refractivity contribution in [3.63, 3.8) is 0 Å². The molecule has 28 heavy (non-hydrogen) atoms. The van der Waals surface area contributed by atoms with Gasteiger partial charge in [0, 0.05) is 36.5 Å². The number of thiophene rings is 1. The number of hydrogen-bond donors (Lipinski definition) is 1. The fraction of sp³-hybridized carbons (Fsp3) is 0.0400. The monoisotopic (exact) mass is 379 g/mol. The van der Waals surface area contributed by atoms with Gasteiger partial charge in [-0.25, -0.2) is 0 Å². The van der Waals surface area contributed by atoms with E-state index in [0.29, 0.717) is 0 Å². The van der Waals surface area contributed by atoms with Gasteiger partial charge >= 0.3 is 0 Å². The van der Waals surface area contributed by atoms with Gasteiger partial charge in [0.2, 0.25) is 0 Å². The molecule has 2 heterocycles. The van der Waals surface area contributed by atoms with Crippen molar-refractivity contribution in [1.82, 2.24) is 4.98 Å². The van der Waals surface area contributed by atoms with Crippen LogP contribution in [0.5, 0.6) is 5.75 Å². The molecular formula is C25H17NOS. The first kappa shape index (κ1) is 15.7. The smallest absolute Gasteiger partial charge is 0.118 e. The van der Waals surface area contributed by atoms with Crippen LogP contribution in [-0.2, 0) is 0 Å². The lowest BCUT2D eigenvalue weighted by atomic mass is 10.0. The molecule has 0 radical (unpaired) electrons. The SMILES string of the molecule is COc1ccc(-c2cccc3c2sc2ccc4c5ccccc5[nH]c4c23)cc1. The Kier molecular flexibility index (Phi) is 3.28. The van der Waals surface area contributed by atoms with Crippen LogP contribution in [0.15, 0.2) is 78.9 Å². The van der Waals surface area contributed by atoms with E-state index >= 15 is 0 Å². The third-order valence-electron chi connectivity index (χ3n) is 5.54. The summed E-state index contributed by atoms with van der Waals surface area (Å²) in [4.78, 5) is 3.66. The highest BCUT2D eigenvalue weighted by Gasteiger charge is 2.15. The lowest BCUT2D eigenvalue weighted by molar-refractivity contribution is 0.415. The number of ether oxygens (including phenoxy) is 1. The average Bonchev–Trinajstić information content (AvgIpc) is 3.31. The van der Waals surface area contributed by atoms with Crippen LogP contribution in [0.4, 0.5) is 0 Å². The Morgan fingerprint density at radius 1 is 0.750 bits per heavy atom. The molecule has 2 nitrogen and oxygen atoms in total. The quantitative estimate of drug-likeness (QED) is 0.334. The summed E-state index contributed by atoms with van der Waals surface area (Å²) in [5, 5.41) is 5.21. The van der Waals surface area contributed by atoms with E-state index in [1.54, 1.807) is 7.11 Å². The fourth-order valence-corrected chi connectivity index (χ4v) is 5.45. The molecule has 0 fully saturated rings. The molecular weight excluding hydrogens is 362 g/mol. The number of H-pyrrole nitrogens is 1. The number of methoxy groups -OCH3 is 1. The van der Waals surface area contributed by atoms with Gasteiger partial charge in [0.05, 0.1) is 12.6 Å². The zero-order valence-electron chi connectivity index (χ0n) is 15.3. The van der Waals surface area contributed by atoms with Crippen molar-refractivity contribution >= 4 is 53.3 Å². The second-order valence-electron chi connectivity index (χ2n) is 7.04. The molecule has 0 aliphatic rings. The van der Waals surface area contributed by atoms with Gasteiger partial charge in [0.25, 0.3) is 0 Å². The average molecular weight is 379 g/mol. The first-order valence-electron chi connectivity index (χ1n) is 9.32. The molecule has 0 saturated carbocycles. The predicted molar refractivity (Wildman–Crippen MR) is 121 cm³/mol. The fourth-order valence-electron chi connectivity index (χ4n) is 4.20. The van der Waals surface area contributed by atoms with E-state index in [4.69, 9.17) is 4.74 Å². The minimum atomic E-state index is 0.882. The van der Waals surface area contributed by atoms with Gasteiger partial charge in [-0.15, -0.1) is 11.3 Å². The highest BCUT2D eigenvalue weighted by molar-refractivity contribution is 7.26. The summed E-state index contributed by atoms with van der Waals surface area (Å²) in [6.45, 7) is 0. The van der Waals surface area contributed by atoms with Crippen LogP contribution < -0.4 is 4.74 Å². The Bertz CT molecular complexity index is 1490. The molecule has 4 aromatic carbocycles. The number of aromatic amines is 1. The van der Waals surface area contributed by atoms with Crippen LogP contribution in [0.3, 0.4) is 0 Å². The van der Waals surface area contributed by atoms with Crippen molar-refractivity contribution in [3.8, 4) is 16.9 Å². The Labute approximate surface area is 166 Å². The summed E-state index contributed by atoms with van der Waals surface area (Å²) in [7, 11) is 1.70. The molecule has 0 saturated heterocycles. The van der Waals surface area contributed by atoms with Crippen LogP contribution in [-0.4, -0.2) is 12.1 Å². The van der Waals surface area contributed by atoms with Crippen molar-refractivity contribution in [2.24, 2.45) is 0 Å². The Morgan fingerprint density at radius 2 is 1.57 bits per heavy atom. The highest BCUT2D eigenvalue weighted by atomic mass is 32.1. The van der Waals surface area contributed by atoms with Gasteiger partial charge in [-0.2, -0.15) is 0 Å². The maximum absolute atomic E-state index is 5.32. The van der Waals surface area contributed by atoms with Crippen LogP contribution in [0, 0.1) is 0 Å². The Hall–Kier alpha value is -3.30. The number of hydrogen-bond acceptors (Lipinski definition) is 2. The molecule has 0 aliphatic carbocycles. The molecule has 1 N–H and O–H groups in total. The van der Waals surface area contributed by atoms with Crippen molar-refractivity contribution in [2.75, 3.05) is 7.11 Å². The van der Waals surface area contributed by atoms with Crippen LogP contribution in [0.25, 0.3) is 53.1 Å². The standard InChI is InChI=1S/C25H17NOS/c1-27-16-11-9-15(10-12-16)17-6-4-7-20-23-22(28-25(17)20)14-13-19-18-5-2-3-8-21(18)26-24(19)23/h2-14,26H,1H3. The van der Waals surface area contributed by atoms with Gasteiger partial charge in [-0.1, -0.05) is 54.6 Å². The summed E-state index contributed by atoms with van der Waals surface area (Å²) >= 11 is 1.87. The number of para-hydroxylation sites is 1. The molecule has 0 bridgehead atoms. The second-order valence-corrected chi connectivity index (χ2v) is 8.10. The number of nitrogens with one attached hydrogen (secondary N) is 1. The van der Waals surface area contributed by atoms with Crippen molar-refractivity contribution < 1.29 is 4.74 Å². The van der Waals surface area contributed by atoms with Gasteiger partial charge < -0.3 is 9.72 Å². The zero-order valence-corrected chi connectivity index (χ0v) is 16.1. The molecule has 6 rings (SSSR count). The highest BCUT2D eigenvalue weighted by Crippen LogP contribution is 2.43. The summed E-state index contributed by atoms with van der Waals surface area (Å²) in [5.41, 5.74) is 4.91. The molecule has 0 aliphatic heterocycles. The molecule has 0 unspecified atom stereocenters. The van der Waals surface area contributed by atoms with Gasteiger partial charge in [0.15, 0.2) is 0 Å². The Morgan fingerprint density at radius 3 is 2.43 bits per heavy atom. The molecule has 0 atom stereocenters. The van der Waals surface area contributed by atoms with E-state index < -0.39 is 0 Å². The van der Waals surface area contributed by atoms with Crippen molar-refractivity contribution in [1.29, 1.82) is 0 Å². The van der Waals surface area contributed by atoms with Crippen LogP contribution >= 0.6 is 11.3 Å². The summed E-state index contributed by atoms with van der Waals surface area (Å²) in [5.74, 6) is 0.882. The van der Waals surface area contributed by atoms with E-state index in [0.717, 1.165) is 5.75 Å². The maximum atomic E-state index is 5.32. The number of fused-ring (bicyclic) bond motifs is 7. The predicted octanol–water partition coefficient (Wildman–Crippen LogP) is 7.36. The van der Waals surface area contributed by atoms with E-state index in [2.05, 4.69) is 71.7 Å². The third kappa shape index (κ3) is 2.14. The van der Waals surface area contributed by atoms with E-state index in [-0.39, 0.29) is 0 Å². The number of aromatic nitrogens is 1. The lowest BCUT2D eigenvalue weighted by Gasteiger charge is -2.05. The van der Waals surface area contributed by atoms with Crippen LogP contribution in [0.2, 0.25) is 0 Å². The van der Waals surface area contributed by atoms with E-state index in [1.807, 2.05) is 23.5 Å². The van der Waals surface area contributed by atoms with Gasteiger partial charge in [0.1, 0.15) is 5.75 Å². The third-order valence-corrected chi connectivity index (χ3v) is 6.75. The zero-order chi connectivity index (χ0) is 18.7. The van der Waals surface area contributed by atoms with Crippen LogP contribution in [0.1, 0.15) is 0 Å². The number of benzene rings is 4. The first-order valence-corrected chi connectivity index (χ1v) is 10.1. The molecule has 134 valence electrons. The van der Waals surface area contributed by atoms with Gasteiger partial charge in [-0.3, -0.25) is 0 Å². The molecule has 6 aromatic rings. The largest absolute Gasteiger partial charge is 0.497 e. The molecule has 0 amide bonds. The first-order chi connectivity index (χ1) is 13.8. The van der Waals surface area contributed by atoms with E-state index in [9.17, 15) is 0 Å². The number of rotatable bonds is 2. The van der Waals surface area contributed by atoms with Gasteiger partial charge in [-0.05, 0) is 35.4 Å². The summed E-state index contributed by atoms with van der Waals surface area (Å²) in [6.07, 6.45) is 0. The lowest BCUT2D eigenvalue weighted by Crippen LogP contribution is -1.83. The molecule has 0 spiro atoms. The summed E-state index contributed by atoms with van der Waals surface area (Å²) < 4.78 is 7.96. The van der Waals surface area contributed by atoms with E-state index in [1.165, 1.54) is 53.1 Å². The molecule has 2 aromatic heterocycles. The Balaban J connectivity index is 1.70. The normalized spacial score (nSPS) is 11.8. The van der Waals surface area contributed by atoms with Crippen molar-refractivity contribution in [2.45, 2.75) is 0 Å². The minimum Gasteiger partial charge on any atom is -0.497 e. The molecule has 3 heteroatoms. The summed E-state index contributed by atoms with van der Waals surface area (Å²) in [6, 6.07) is 28.0. The maximum Gasteiger partial charge on any atom is 0.118 e. The minimum absolute atomic E-state index is 0.882. The second kappa shape index (κ2) is 5.85. The van der Waals surface area contributed by atoms with Crippen molar-refractivity contribution in [3.05, 3.63) is 78.9 Å².